The third-order valence-corrected chi connectivity index (χ3v) is 6.80. The average molecular weight is 454 g/mol. The lowest BCUT2D eigenvalue weighted by Crippen LogP contribution is -2.29. The highest BCUT2D eigenvalue weighted by Gasteiger charge is 2.41. The van der Waals surface area contributed by atoms with Crippen molar-refractivity contribution in [1.82, 2.24) is 24.8 Å². The maximum atomic E-state index is 5.86. The lowest BCUT2D eigenvalue weighted by Gasteiger charge is -2.28. The van der Waals surface area contributed by atoms with Crippen molar-refractivity contribution in [3.05, 3.63) is 113 Å². The Morgan fingerprint density at radius 1 is 0.939 bits per heavy atom. The van der Waals surface area contributed by atoms with Gasteiger partial charge in [0, 0.05) is 42.2 Å². The maximum absolute atomic E-state index is 5.86. The standard InChI is InChI=1S/C27H27N5S/c1-18-8-4-5-10-24(18)32-19(2)16-22(20(32)3)26-25(23-9-6-7-13-29-23)30-27(33)31(26)17-21-11-14-28-15-12-21/h4-16,25-26H,17H2,1-3H3,(H,30,33)/t25-,26-/m1/s1. The first kappa shape index (κ1) is 21.3. The van der Waals surface area contributed by atoms with Gasteiger partial charge in [0.1, 0.15) is 0 Å². The van der Waals surface area contributed by atoms with Crippen molar-refractivity contribution in [2.24, 2.45) is 0 Å². The van der Waals surface area contributed by atoms with E-state index in [1.54, 1.807) is 0 Å². The molecule has 1 aliphatic rings. The zero-order chi connectivity index (χ0) is 22.9. The molecule has 5 nitrogen and oxygen atoms in total. The molecule has 1 aliphatic heterocycles. The number of thiocarbonyl (C=S) groups is 1. The van der Waals surface area contributed by atoms with Crippen LogP contribution in [0.4, 0.5) is 0 Å². The summed E-state index contributed by atoms with van der Waals surface area (Å²) in [4.78, 5) is 11.1. The largest absolute Gasteiger partial charge is 0.352 e. The van der Waals surface area contributed by atoms with E-state index in [1.165, 1.54) is 33.8 Å². The van der Waals surface area contributed by atoms with E-state index in [2.05, 4.69) is 81.9 Å². The molecule has 0 radical (unpaired) electrons. The summed E-state index contributed by atoms with van der Waals surface area (Å²) < 4.78 is 2.35. The fraction of sp³-hybridized carbons (Fsp3) is 0.222. The fourth-order valence-electron chi connectivity index (χ4n) is 4.87. The lowest BCUT2D eigenvalue weighted by molar-refractivity contribution is 0.310. The molecule has 0 saturated carbocycles. The summed E-state index contributed by atoms with van der Waals surface area (Å²) in [6.45, 7) is 7.24. The number of para-hydroxylation sites is 1. The first-order valence-electron chi connectivity index (χ1n) is 11.2. The van der Waals surface area contributed by atoms with E-state index in [9.17, 15) is 0 Å². The molecular formula is C27H27N5S. The SMILES string of the molecule is Cc1ccccc1-n1c(C)cc([C@@H]2[C@@H](c3ccccn3)NC(=S)N2Cc2ccncc2)c1C. The molecule has 1 N–H and O–H groups in total. The molecule has 5 rings (SSSR count). The van der Waals surface area contributed by atoms with E-state index in [4.69, 9.17) is 12.2 Å². The predicted octanol–water partition coefficient (Wildman–Crippen LogP) is 5.37. The van der Waals surface area contributed by atoms with Gasteiger partial charge in [0.2, 0.25) is 0 Å². The molecule has 1 saturated heterocycles. The van der Waals surface area contributed by atoms with Gasteiger partial charge in [-0.2, -0.15) is 0 Å². The second kappa shape index (κ2) is 8.79. The third-order valence-electron chi connectivity index (χ3n) is 6.45. The molecule has 0 amide bonds. The van der Waals surface area contributed by atoms with Crippen LogP contribution in [0.15, 0.2) is 79.3 Å². The Bertz CT molecular complexity index is 1280. The van der Waals surface area contributed by atoms with Crippen LogP contribution in [0.1, 0.15) is 45.9 Å². The number of nitrogens with zero attached hydrogens (tertiary/aromatic N) is 4. The van der Waals surface area contributed by atoms with Gasteiger partial charge in [-0.15, -0.1) is 0 Å². The minimum absolute atomic E-state index is 0.0181. The number of benzene rings is 1. The quantitative estimate of drug-likeness (QED) is 0.412. The summed E-state index contributed by atoms with van der Waals surface area (Å²) >= 11 is 5.86. The van der Waals surface area contributed by atoms with Crippen molar-refractivity contribution in [3.8, 4) is 5.69 Å². The van der Waals surface area contributed by atoms with E-state index < -0.39 is 0 Å². The smallest absolute Gasteiger partial charge is 0.170 e. The van der Waals surface area contributed by atoms with E-state index in [0.717, 1.165) is 10.8 Å². The first-order valence-corrected chi connectivity index (χ1v) is 11.6. The Hall–Kier alpha value is -3.51. The van der Waals surface area contributed by atoms with Crippen molar-refractivity contribution in [2.75, 3.05) is 0 Å². The van der Waals surface area contributed by atoms with E-state index in [1.807, 2.05) is 42.9 Å². The summed E-state index contributed by atoms with van der Waals surface area (Å²) in [6.07, 6.45) is 5.51. The van der Waals surface area contributed by atoms with Crippen LogP contribution in [0.3, 0.4) is 0 Å². The monoisotopic (exact) mass is 453 g/mol. The Kier molecular flexibility index (Phi) is 5.68. The highest BCUT2D eigenvalue weighted by Crippen LogP contribution is 2.42. The Labute approximate surface area is 200 Å². The van der Waals surface area contributed by atoms with E-state index >= 15 is 0 Å². The molecule has 1 aromatic carbocycles. The van der Waals surface area contributed by atoms with Crippen molar-refractivity contribution < 1.29 is 0 Å². The van der Waals surface area contributed by atoms with Crippen LogP contribution >= 0.6 is 12.2 Å². The van der Waals surface area contributed by atoms with Crippen LogP contribution in [0.2, 0.25) is 0 Å². The summed E-state index contributed by atoms with van der Waals surface area (Å²) in [6, 6.07) is 21.0. The molecule has 0 spiro atoms. The lowest BCUT2D eigenvalue weighted by atomic mass is 9.96. The van der Waals surface area contributed by atoms with Crippen LogP contribution in [-0.2, 0) is 6.54 Å². The molecule has 33 heavy (non-hydrogen) atoms. The van der Waals surface area contributed by atoms with Crippen molar-refractivity contribution in [3.63, 3.8) is 0 Å². The number of aryl methyl sites for hydroxylation is 2. The minimum Gasteiger partial charge on any atom is -0.352 e. The van der Waals surface area contributed by atoms with Crippen LogP contribution in [0, 0.1) is 20.8 Å². The molecule has 4 aromatic rings. The first-order chi connectivity index (χ1) is 16.0. The molecule has 0 aliphatic carbocycles. The second-order valence-electron chi connectivity index (χ2n) is 8.56. The average Bonchev–Trinajstić information content (AvgIpc) is 3.30. The molecule has 1 fully saturated rings. The summed E-state index contributed by atoms with van der Waals surface area (Å²) in [5, 5.41) is 4.31. The van der Waals surface area contributed by atoms with Crippen LogP contribution in [-0.4, -0.2) is 24.5 Å². The van der Waals surface area contributed by atoms with E-state index in [-0.39, 0.29) is 12.1 Å². The van der Waals surface area contributed by atoms with Crippen molar-refractivity contribution >= 4 is 17.3 Å². The van der Waals surface area contributed by atoms with Crippen LogP contribution < -0.4 is 5.32 Å². The Balaban J connectivity index is 1.63. The summed E-state index contributed by atoms with van der Waals surface area (Å²) in [7, 11) is 0. The van der Waals surface area contributed by atoms with Gasteiger partial charge in [-0.05, 0) is 86.1 Å². The highest BCUT2D eigenvalue weighted by molar-refractivity contribution is 7.80. The van der Waals surface area contributed by atoms with Crippen LogP contribution in [0.5, 0.6) is 0 Å². The number of pyridine rings is 2. The molecule has 4 heterocycles. The molecule has 0 unspecified atom stereocenters. The van der Waals surface area contributed by atoms with Gasteiger partial charge in [-0.1, -0.05) is 24.3 Å². The normalized spacial score (nSPS) is 17.9. The predicted molar refractivity (Wildman–Crippen MR) is 135 cm³/mol. The molecule has 0 bridgehead atoms. The molecular weight excluding hydrogens is 426 g/mol. The maximum Gasteiger partial charge on any atom is 0.170 e. The molecule has 3 aromatic heterocycles. The molecule has 6 heteroatoms. The number of hydrogen-bond donors (Lipinski definition) is 1. The summed E-state index contributed by atoms with van der Waals surface area (Å²) in [5.41, 5.74) is 8.31. The van der Waals surface area contributed by atoms with Gasteiger partial charge < -0.3 is 14.8 Å². The van der Waals surface area contributed by atoms with Gasteiger partial charge in [-0.3, -0.25) is 9.97 Å². The topological polar surface area (TPSA) is 46.0 Å². The number of nitrogens with one attached hydrogen (secondary N) is 1. The third kappa shape index (κ3) is 3.91. The van der Waals surface area contributed by atoms with Crippen LogP contribution in [0.25, 0.3) is 5.69 Å². The highest BCUT2D eigenvalue weighted by atomic mass is 32.1. The zero-order valence-corrected chi connectivity index (χ0v) is 19.9. The minimum atomic E-state index is -0.0358. The van der Waals surface area contributed by atoms with Gasteiger partial charge in [0.25, 0.3) is 0 Å². The number of rotatable bonds is 5. The molecule has 2 atom stereocenters. The van der Waals surface area contributed by atoms with Gasteiger partial charge >= 0.3 is 0 Å². The van der Waals surface area contributed by atoms with Gasteiger partial charge in [0.05, 0.1) is 17.8 Å². The van der Waals surface area contributed by atoms with Crippen molar-refractivity contribution in [2.45, 2.75) is 39.4 Å². The number of aromatic nitrogens is 3. The van der Waals surface area contributed by atoms with E-state index in [0.29, 0.717) is 6.54 Å². The second-order valence-corrected chi connectivity index (χ2v) is 8.95. The fourth-order valence-corrected chi connectivity index (χ4v) is 5.18. The molecule has 166 valence electrons. The van der Waals surface area contributed by atoms with Gasteiger partial charge in [-0.25, -0.2) is 0 Å². The van der Waals surface area contributed by atoms with Crippen molar-refractivity contribution in [1.29, 1.82) is 0 Å². The number of hydrogen-bond acceptors (Lipinski definition) is 3. The van der Waals surface area contributed by atoms with Gasteiger partial charge in [0.15, 0.2) is 5.11 Å². The Morgan fingerprint density at radius 2 is 1.70 bits per heavy atom. The Morgan fingerprint density at radius 3 is 2.42 bits per heavy atom. The zero-order valence-electron chi connectivity index (χ0n) is 19.1. The summed E-state index contributed by atoms with van der Waals surface area (Å²) in [5.74, 6) is 0.